The number of halogens is 1. The summed E-state index contributed by atoms with van der Waals surface area (Å²) in [6, 6.07) is 15.9. The molecule has 3 aromatic heterocycles. The van der Waals surface area contributed by atoms with E-state index in [-0.39, 0.29) is 36.1 Å². The van der Waals surface area contributed by atoms with Gasteiger partial charge in [0.15, 0.2) is 5.82 Å². The second-order valence-electron chi connectivity index (χ2n) is 12.4. The standard InChI is InChI=1S/C32H37ClN10O4/c1-32(2,3)42-30(38-39-40-42)29(36-14-5-4-13-34-26-12-15-35-27-16-23(33)10-11-25(26)27)22-8-6-21(7-9-22)19-46-24-17-41-18-28(43(44)45)37-31(41)47-20-24/h6-12,15-16,18,24,29,36H,4-5,13-14,17,19-20H2,1-3H3,(H,34,35). The Morgan fingerprint density at radius 2 is 1.96 bits per heavy atom. The molecule has 5 aromatic rings. The molecule has 0 bridgehead atoms. The SMILES string of the molecule is CC(C)(C)n1nnnc1C(NCCCCNc1ccnc2cc(Cl)ccc12)c1ccc(COC2COc3nc([N+](=O)[O-])cn3C2)cc1. The van der Waals surface area contributed by atoms with Gasteiger partial charge in [-0.1, -0.05) is 35.9 Å². The zero-order valence-electron chi connectivity index (χ0n) is 26.5. The van der Waals surface area contributed by atoms with Gasteiger partial charge >= 0.3 is 11.8 Å². The minimum atomic E-state index is -0.533. The van der Waals surface area contributed by atoms with Gasteiger partial charge in [-0.15, -0.1) is 5.10 Å². The lowest BCUT2D eigenvalue weighted by molar-refractivity contribution is -0.389. The first-order chi connectivity index (χ1) is 22.7. The molecule has 246 valence electrons. The highest BCUT2D eigenvalue weighted by atomic mass is 35.5. The molecule has 14 nitrogen and oxygen atoms in total. The molecule has 15 heteroatoms. The summed E-state index contributed by atoms with van der Waals surface area (Å²) in [5.74, 6) is 0.504. The quantitative estimate of drug-likeness (QED) is 0.0960. The van der Waals surface area contributed by atoms with Crippen molar-refractivity contribution in [2.24, 2.45) is 0 Å². The highest BCUT2D eigenvalue weighted by Crippen LogP contribution is 2.27. The van der Waals surface area contributed by atoms with Gasteiger partial charge in [0.25, 0.3) is 0 Å². The molecule has 0 aliphatic carbocycles. The first-order valence-corrected chi connectivity index (χ1v) is 15.9. The van der Waals surface area contributed by atoms with Crippen LogP contribution in [0.4, 0.5) is 11.5 Å². The summed E-state index contributed by atoms with van der Waals surface area (Å²) in [5, 5.41) is 32.7. The molecule has 2 aromatic carbocycles. The topological polar surface area (TPSA) is 160 Å². The smallest absolute Gasteiger partial charge is 0.414 e. The number of nitro groups is 1. The Labute approximate surface area is 276 Å². The highest BCUT2D eigenvalue weighted by Gasteiger charge is 2.29. The van der Waals surface area contributed by atoms with Crippen LogP contribution in [0.25, 0.3) is 10.9 Å². The van der Waals surface area contributed by atoms with Crippen LogP contribution in [0.1, 0.15) is 56.6 Å². The van der Waals surface area contributed by atoms with Crippen molar-refractivity contribution < 1.29 is 14.4 Å². The maximum Gasteiger partial charge on any atom is 0.414 e. The van der Waals surface area contributed by atoms with Crippen LogP contribution in [-0.4, -0.2) is 65.5 Å². The Hall–Kier alpha value is -4.66. The van der Waals surface area contributed by atoms with E-state index in [1.54, 1.807) is 10.8 Å². The van der Waals surface area contributed by atoms with E-state index in [1.807, 2.05) is 41.1 Å². The molecule has 2 atom stereocenters. The van der Waals surface area contributed by atoms with E-state index < -0.39 is 4.92 Å². The van der Waals surface area contributed by atoms with Gasteiger partial charge in [-0.2, -0.15) is 0 Å². The monoisotopic (exact) mass is 660 g/mol. The number of aromatic nitrogens is 7. The molecule has 0 spiro atoms. The Morgan fingerprint density at radius 1 is 1.15 bits per heavy atom. The fourth-order valence-electron chi connectivity index (χ4n) is 5.49. The molecule has 4 heterocycles. The number of nitrogens with one attached hydrogen (secondary N) is 2. The van der Waals surface area contributed by atoms with Crippen LogP contribution in [0.2, 0.25) is 5.02 Å². The van der Waals surface area contributed by atoms with Crippen molar-refractivity contribution in [2.45, 2.75) is 64.4 Å². The maximum atomic E-state index is 11.0. The fourth-order valence-corrected chi connectivity index (χ4v) is 5.65. The number of hydrogen-bond acceptors (Lipinski definition) is 11. The number of imidazole rings is 1. The van der Waals surface area contributed by atoms with Crippen molar-refractivity contribution in [1.29, 1.82) is 0 Å². The fraction of sp³-hybridized carbons (Fsp3) is 0.406. The number of tetrazole rings is 1. The second kappa shape index (κ2) is 14.0. The molecule has 0 amide bonds. The van der Waals surface area contributed by atoms with Gasteiger partial charge in [-0.05, 0) is 90.9 Å². The van der Waals surface area contributed by atoms with E-state index in [2.05, 4.69) is 69.0 Å². The van der Waals surface area contributed by atoms with Gasteiger partial charge < -0.3 is 30.2 Å². The number of anilines is 1. The number of unbranched alkanes of at least 4 members (excludes halogenated alkanes) is 1. The number of fused-ring (bicyclic) bond motifs is 2. The lowest BCUT2D eigenvalue weighted by Gasteiger charge is -2.25. The number of rotatable bonds is 13. The summed E-state index contributed by atoms with van der Waals surface area (Å²) in [4.78, 5) is 18.8. The summed E-state index contributed by atoms with van der Waals surface area (Å²) in [7, 11) is 0. The van der Waals surface area contributed by atoms with Crippen LogP contribution in [0.3, 0.4) is 0 Å². The average Bonchev–Trinajstić information content (AvgIpc) is 3.72. The number of nitrogens with zero attached hydrogens (tertiary/aromatic N) is 8. The lowest BCUT2D eigenvalue weighted by atomic mass is 10.0. The van der Waals surface area contributed by atoms with Crippen molar-refractivity contribution in [3.8, 4) is 6.01 Å². The predicted octanol–water partition coefficient (Wildman–Crippen LogP) is 5.28. The van der Waals surface area contributed by atoms with Crippen LogP contribution in [0.5, 0.6) is 6.01 Å². The van der Waals surface area contributed by atoms with E-state index in [4.69, 9.17) is 21.1 Å². The van der Waals surface area contributed by atoms with Crippen LogP contribution in [0.15, 0.2) is 60.9 Å². The van der Waals surface area contributed by atoms with Gasteiger partial charge in [0.05, 0.1) is 30.2 Å². The number of ether oxygens (including phenoxy) is 2. The molecule has 0 saturated carbocycles. The molecule has 1 aliphatic rings. The van der Waals surface area contributed by atoms with Crippen molar-refractivity contribution >= 4 is 34.0 Å². The predicted molar refractivity (Wildman–Crippen MR) is 177 cm³/mol. The first-order valence-electron chi connectivity index (χ1n) is 15.5. The Balaban J connectivity index is 1.06. The largest absolute Gasteiger partial charge is 0.443 e. The minimum absolute atomic E-state index is 0.219. The summed E-state index contributed by atoms with van der Waals surface area (Å²) in [6.45, 7) is 8.87. The van der Waals surface area contributed by atoms with E-state index >= 15 is 0 Å². The minimum Gasteiger partial charge on any atom is -0.443 e. The van der Waals surface area contributed by atoms with Gasteiger partial charge in [0, 0.05) is 33.8 Å². The van der Waals surface area contributed by atoms with Crippen LogP contribution >= 0.6 is 11.6 Å². The third-order valence-corrected chi connectivity index (χ3v) is 8.11. The summed E-state index contributed by atoms with van der Waals surface area (Å²) >= 11 is 6.14. The number of pyridine rings is 1. The Morgan fingerprint density at radius 3 is 2.74 bits per heavy atom. The van der Waals surface area contributed by atoms with Crippen molar-refractivity contribution in [2.75, 3.05) is 25.0 Å². The van der Waals surface area contributed by atoms with Gasteiger partial charge in [-0.25, -0.2) is 4.68 Å². The average molecular weight is 661 g/mol. The van der Waals surface area contributed by atoms with Crippen LogP contribution in [0, 0.1) is 10.1 Å². The summed E-state index contributed by atoms with van der Waals surface area (Å²) in [5.41, 5.74) is 3.63. The number of benzene rings is 2. The van der Waals surface area contributed by atoms with Gasteiger partial charge in [-0.3, -0.25) is 9.55 Å². The van der Waals surface area contributed by atoms with E-state index in [9.17, 15) is 10.1 Å². The normalized spacial score (nSPS) is 15.3. The zero-order valence-corrected chi connectivity index (χ0v) is 27.2. The number of hydrogen-bond donors (Lipinski definition) is 2. The third-order valence-electron chi connectivity index (χ3n) is 7.87. The molecule has 6 rings (SSSR count). The van der Waals surface area contributed by atoms with Gasteiger partial charge in [0.2, 0.25) is 0 Å². The molecule has 47 heavy (non-hydrogen) atoms. The Kier molecular flexibility index (Phi) is 9.61. The molecule has 0 fully saturated rings. The van der Waals surface area contributed by atoms with Crippen molar-refractivity contribution in [3.05, 3.63) is 93.0 Å². The summed E-state index contributed by atoms with van der Waals surface area (Å²) < 4.78 is 15.1. The van der Waals surface area contributed by atoms with Gasteiger partial charge in [0.1, 0.15) is 18.9 Å². The Bertz CT molecular complexity index is 1840. The van der Waals surface area contributed by atoms with E-state index in [0.29, 0.717) is 18.2 Å². The molecule has 0 saturated heterocycles. The van der Waals surface area contributed by atoms with E-state index in [0.717, 1.165) is 59.5 Å². The van der Waals surface area contributed by atoms with Crippen molar-refractivity contribution in [1.82, 2.24) is 40.1 Å². The maximum absolute atomic E-state index is 11.0. The first kappa shape index (κ1) is 32.3. The molecule has 2 N–H and O–H groups in total. The molecular weight excluding hydrogens is 624 g/mol. The highest BCUT2D eigenvalue weighted by molar-refractivity contribution is 6.31. The molecular formula is C32H37ClN10O4. The van der Waals surface area contributed by atoms with E-state index in [1.165, 1.54) is 6.20 Å². The lowest BCUT2D eigenvalue weighted by Crippen LogP contribution is -2.32. The van der Waals surface area contributed by atoms with Crippen LogP contribution < -0.4 is 15.4 Å². The summed E-state index contributed by atoms with van der Waals surface area (Å²) in [6.07, 6.45) is 4.80. The molecule has 0 radical (unpaired) electrons. The van der Waals surface area contributed by atoms with Crippen molar-refractivity contribution in [3.63, 3.8) is 0 Å². The molecule has 2 unspecified atom stereocenters. The third kappa shape index (κ3) is 7.67. The van der Waals surface area contributed by atoms with Crippen LogP contribution in [-0.2, 0) is 23.4 Å². The zero-order chi connectivity index (χ0) is 33.0. The second-order valence-corrected chi connectivity index (χ2v) is 12.9. The molecule has 1 aliphatic heterocycles.